The van der Waals surface area contributed by atoms with Gasteiger partial charge in [0.25, 0.3) is 5.56 Å². The van der Waals surface area contributed by atoms with E-state index in [1.54, 1.807) is 12.1 Å². The number of anilines is 1. The van der Waals surface area contributed by atoms with Crippen molar-refractivity contribution >= 4 is 33.3 Å². The third-order valence-electron chi connectivity index (χ3n) is 6.14. The Bertz CT molecular complexity index is 1630. The summed E-state index contributed by atoms with van der Waals surface area (Å²) in [5.41, 5.74) is 2.91. The number of benzene rings is 3. The van der Waals surface area contributed by atoms with Gasteiger partial charge in [0.1, 0.15) is 5.82 Å². The maximum Gasteiger partial charge on any atom is 0.274 e. The van der Waals surface area contributed by atoms with Crippen LogP contribution in [0.3, 0.4) is 0 Å². The molecule has 0 saturated heterocycles. The lowest BCUT2D eigenvalue weighted by molar-refractivity contribution is -0.115. The van der Waals surface area contributed by atoms with E-state index in [2.05, 4.69) is 10.4 Å². The Morgan fingerprint density at radius 2 is 1.75 bits per heavy atom. The van der Waals surface area contributed by atoms with Crippen LogP contribution in [-0.2, 0) is 24.3 Å². The van der Waals surface area contributed by atoms with Crippen LogP contribution in [0.15, 0.2) is 83.8 Å². The van der Waals surface area contributed by atoms with E-state index in [0.29, 0.717) is 35.2 Å². The third kappa shape index (κ3) is 4.77. The summed E-state index contributed by atoms with van der Waals surface area (Å²) >= 11 is 0. The van der Waals surface area contributed by atoms with E-state index >= 15 is 0 Å². The number of nitrogens with one attached hydrogen (secondary N) is 1. The Hall–Kier alpha value is -4.26. The molecule has 6 nitrogen and oxygen atoms in total. The molecule has 3 aromatic carbocycles. The van der Waals surface area contributed by atoms with Crippen LogP contribution < -0.4 is 10.9 Å². The summed E-state index contributed by atoms with van der Waals surface area (Å²) in [5.74, 6) is -0.238. The summed E-state index contributed by atoms with van der Waals surface area (Å²) < 4.78 is 17.1. The first-order valence-electron chi connectivity index (χ1n) is 12.0. The highest BCUT2D eigenvalue weighted by Crippen LogP contribution is 2.26. The van der Waals surface area contributed by atoms with Crippen molar-refractivity contribution in [2.45, 2.75) is 33.4 Å². The molecule has 2 aromatic heterocycles. The zero-order chi connectivity index (χ0) is 25.2. The van der Waals surface area contributed by atoms with Gasteiger partial charge in [-0.3, -0.25) is 9.59 Å². The van der Waals surface area contributed by atoms with Gasteiger partial charge in [-0.25, -0.2) is 9.07 Å². The Kier molecular flexibility index (Phi) is 6.38. The number of aromatic nitrogens is 3. The van der Waals surface area contributed by atoms with Crippen molar-refractivity contribution < 1.29 is 9.18 Å². The average Bonchev–Trinajstić information content (AvgIpc) is 3.25. The highest BCUT2D eigenvalue weighted by Gasteiger charge is 2.16. The van der Waals surface area contributed by atoms with Gasteiger partial charge in [-0.1, -0.05) is 50.2 Å². The molecule has 0 fully saturated rings. The van der Waals surface area contributed by atoms with E-state index < -0.39 is 0 Å². The molecule has 0 bridgehead atoms. The molecular formula is C29H27FN4O2. The maximum absolute atomic E-state index is 13.6. The lowest BCUT2D eigenvalue weighted by atomic mass is 10.1. The fourth-order valence-corrected chi connectivity index (χ4v) is 4.55. The normalized spacial score (nSPS) is 11.4. The largest absolute Gasteiger partial charge is 0.343 e. The lowest BCUT2D eigenvalue weighted by Gasteiger charge is -2.13. The van der Waals surface area contributed by atoms with Crippen molar-refractivity contribution in [2.75, 3.05) is 5.32 Å². The lowest BCUT2D eigenvalue weighted by Crippen LogP contribution is -2.28. The van der Waals surface area contributed by atoms with Crippen molar-refractivity contribution in [3.05, 3.63) is 106 Å². The van der Waals surface area contributed by atoms with Crippen LogP contribution in [0.2, 0.25) is 0 Å². The van der Waals surface area contributed by atoms with Crippen LogP contribution in [0.1, 0.15) is 25.1 Å². The highest BCUT2D eigenvalue weighted by atomic mass is 19.1. The molecule has 0 spiro atoms. The molecule has 5 aromatic rings. The van der Waals surface area contributed by atoms with Crippen LogP contribution in [-0.4, -0.2) is 20.3 Å². The van der Waals surface area contributed by atoms with Gasteiger partial charge >= 0.3 is 0 Å². The number of hydrogen-bond acceptors (Lipinski definition) is 3. The molecule has 0 unspecified atom stereocenters. The monoisotopic (exact) mass is 482 g/mol. The predicted molar refractivity (Wildman–Crippen MR) is 141 cm³/mol. The zero-order valence-electron chi connectivity index (χ0n) is 20.2. The molecule has 0 radical (unpaired) electrons. The van der Waals surface area contributed by atoms with E-state index in [1.807, 2.05) is 73.1 Å². The first kappa shape index (κ1) is 23.5. The smallest absolute Gasteiger partial charge is 0.274 e. The zero-order valence-corrected chi connectivity index (χ0v) is 20.2. The highest BCUT2D eigenvalue weighted by molar-refractivity contribution is 6.03. The average molecular weight is 483 g/mol. The quantitative estimate of drug-likeness (QED) is 0.339. The molecule has 2 heterocycles. The van der Waals surface area contributed by atoms with Crippen molar-refractivity contribution in [3.8, 4) is 0 Å². The minimum Gasteiger partial charge on any atom is -0.343 e. The predicted octanol–water partition coefficient (Wildman–Crippen LogP) is 5.38. The van der Waals surface area contributed by atoms with Crippen LogP contribution >= 0.6 is 0 Å². The summed E-state index contributed by atoms with van der Waals surface area (Å²) in [6.45, 7) is 5.05. The van der Waals surface area contributed by atoms with E-state index in [9.17, 15) is 14.0 Å². The van der Waals surface area contributed by atoms with Crippen molar-refractivity contribution in [2.24, 2.45) is 5.92 Å². The molecule has 0 aliphatic heterocycles. The van der Waals surface area contributed by atoms with Gasteiger partial charge in [0.05, 0.1) is 28.7 Å². The number of nitrogens with zero attached hydrogens (tertiary/aromatic N) is 3. The van der Waals surface area contributed by atoms with Gasteiger partial charge in [-0.05, 0) is 47.9 Å². The molecule has 1 N–H and O–H groups in total. The minimum absolute atomic E-state index is 0.0409. The second-order valence-corrected chi connectivity index (χ2v) is 9.41. The van der Waals surface area contributed by atoms with Crippen LogP contribution in [0.4, 0.5) is 10.1 Å². The van der Waals surface area contributed by atoms with Gasteiger partial charge in [0.2, 0.25) is 5.91 Å². The number of fused-ring (bicyclic) bond motifs is 2. The van der Waals surface area contributed by atoms with Crippen molar-refractivity contribution in [3.63, 3.8) is 0 Å². The Morgan fingerprint density at radius 1 is 0.972 bits per heavy atom. The molecule has 7 heteroatoms. The molecular weight excluding hydrogens is 455 g/mol. The summed E-state index contributed by atoms with van der Waals surface area (Å²) in [7, 11) is 0. The summed E-state index contributed by atoms with van der Waals surface area (Å²) in [5, 5.41) is 9.72. The topological polar surface area (TPSA) is 68.9 Å². The standard InChI is InChI=1S/C29H27FN4O2/c1-19(2)17-34-29(36)23-10-4-3-9-22(23)26(32-34)16-28(35)31-25-11-6-12-27-24(25)13-14-33(27)18-20-7-5-8-21(30)15-20/h3-15,19H,16-18H2,1-2H3,(H,31,35). The summed E-state index contributed by atoms with van der Waals surface area (Å²) in [6.07, 6.45) is 1.97. The fraction of sp³-hybridized carbons (Fsp3) is 0.207. The number of halogens is 1. The van der Waals surface area contributed by atoms with E-state index in [-0.39, 0.29) is 29.6 Å². The second-order valence-electron chi connectivity index (χ2n) is 9.41. The number of carbonyl (C=O) groups is 1. The Balaban J connectivity index is 1.42. The molecule has 1 amide bonds. The van der Waals surface area contributed by atoms with E-state index in [4.69, 9.17) is 0 Å². The van der Waals surface area contributed by atoms with E-state index in [1.165, 1.54) is 16.8 Å². The number of carbonyl (C=O) groups excluding carboxylic acids is 1. The Morgan fingerprint density at radius 3 is 2.53 bits per heavy atom. The van der Waals surface area contributed by atoms with Crippen LogP contribution in [0, 0.1) is 11.7 Å². The second kappa shape index (κ2) is 9.77. The molecule has 36 heavy (non-hydrogen) atoms. The van der Waals surface area contributed by atoms with Gasteiger partial charge in [0.15, 0.2) is 0 Å². The molecule has 0 saturated carbocycles. The van der Waals surface area contributed by atoms with Gasteiger partial charge < -0.3 is 9.88 Å². The number of amides is 1. The van der Waals surface area contributed by atoms with E-state index in [0.717, 1.165) is 16.5 Å². The van der Waals surface area contributed by atoms with Gasteiger partial charge in [-0.2, -0.15) is 5.10 Å². The molecule has 0 atom stereocenters. The number of rotatable bonds is 7. The first-order valence-corrected chi connectivity index (χ1v) is 12.0. The van der Waals surface area contributed by atoms with Crippen molar-refractivity contribution in [1.29, 1.82) is 0 Å². The minimum atomic E-state index is -0.266. The van der Waals surface area contributed by atoms with Gasteiger partial charge in [-0.15, -0.1) is 0 Å². The molecule has 182 valence electrons. The first-order chi connectivity index (χ1) is 17.4. The van der Waals surface area contributed by atoms with Gasteiger partial charge in [0, 0.05) is 30.1 Å². The molecule has 0 aliphatic rings. The number of hydrogen-bond donors (Lipinski definition) is 1. The maximum atomic E-state index is 13.6. The van der Waals surface area contributed by atoms with Crippen LogP contribution in [0.25, 0.3) is 21.7 Å². The summed E-state index contributed by atoms with van der Waals surface area (Å²) in [4.78, 5) is 26.0. The summed E-state index contributed by atoms with van der Waals surface area (Å²) in [6, 6.07) is 21.5. The third-order valence-corrected chi connectivity index (χ3v) is 6.14. The molecule has 5 rings (SSSR count). The molecule has 0 aliphatic carbocycles. The fourth-order valence-electron chi connectivity index (χ4n) is 4.55. The Labute approximate surface area is 208 Å². The van der Waals surface area contributed by atoms with Crippen LogP contribution in [0.5, 0.6) is 0 Å². The SMILES string of the molecule is CC(C)Cn1nc(CC(=O)Nc2cccc3c2ccn3Cc2cccc(F)c2)c2ccccc2c1=O. The van der Waals surface area contributed by atoms with Crippen molar-refractivity contribution in [1.82, 2.24) is 14.3 Å².